The maximum Gasteiger partial charge on any atom is 0.247 e. The van der Waals surface area contributed by atoms with E-state index in [-0.39, 0.29) is 18.5 Å². The molecule has 0 bridgehead atoms. The van der Waals surface area contributed by atoms with E-state index < -0.39 is 0 Å². The van der Waals surface area contributed by atoms with Crippen molar-refractivity contribution in [1.29, 1.82) is 0 Å². The van der Waals surface area contributed by atoms with E-state index >= 15 is 0 Å². The molecule has 1 amide bonds. The number of nitrogens with one attached hydrogen (secondary N) is 1. The molecule has 1 aromatic carbocycles. The fraction of sp³-hybridized carbons (Fsp3) is 0.312. The molecule has 6 heteroatoms. The number of rotatable bonds is 2. The van der Waals surface area contributed by atoms with Gasteiger partial charge in [0.15, 0.2) is 0 Å². The highest BCUT2D eigenvalue weighted by Crippen LogP contribution is 2.30. The van der Waals surface area contributed by atoms with Crippen molar-refractivity contribution in [3.63, 3.8) is 0 Å². The summed E-state index contributed by atoms with van der Waals surface area (Å²) in [7, 11) is 0. The van der Waals surface area contributed by atoms with Crippen LogP contribution in [0.25, 0.3) is 0 Å². The van der Waals surface area contributed by atoms with Crippen LogP contribution in [0.2, 0.25) is 5.02 Å². The molecule has 0 atom stereocenters. The summed E-state index contributed by atoms with van der Waals surface area (Å²) in [6, 6.07) is 7.64. The molecule has 2 heterocycles. The average Bonchev–Trinajstić information content (AvgIpc) is 2.68. The van der Waals surface area contributed by atoms with E-state index in [0.29, 0.717) is 16.6 Å². The number of halogens is 1. The van der Waals surface area contributed by atoms with Crippen molar-refractivity contribution in [2.24, 2.45) is 4.99 Å². The summed E-state index contributed by atoms with van der Waals surface area (Å²) in [6.45, 7) is 6.04. The number of benzene rings is 1. The van der Waals surface area contributed by atoms with Crippen LogP contribution < -0.4 is 5.32 Å². The van der Waals surface area contributed by atoms with E-state index in [4.69, 9.17) is 11.6 Å². The standard InChI is InChI=1S/C16H17ClN4O/c1-9(2)21-16-14(10(3)20-21)15(18-8-13(22)19-16)11-6-4-5-7-12(11)17/h4-7,9H,8H2,1-3H3,(H,19,22). The number of amides is 1. The van der Waals surface area contributed by atoms with Gasteiger partial charge in [0.05, 0.1) is 17.0 Å². The van der Waals surface area contributed by atoms with Gasteiger partial charge >= 0.3 is 0 Å². The van der Waals surface area contributed by atoms with Crippen LogP contribution in [0, 0.1) is 6.92 Å². The van der Waals surface area contributed by atoms with Crippen LogP contribution in [0.3, 0.4) is 0 Å². The Kier molecular flexibility index (Phi) is 3.74. The molecule has 0 radical (unpaired) electrons. The quantitative estimate of drug-likeness (QED) is 0.924. The molecule has 22 heavy (non-hydrogen) atoms. The lowest BCUT2D eigenvalue weighted by Gasteiger charge is -2.12. The predicted molar refractivity (Wildman–Crippen MR) is 87.9 cm³/mol. The van der Waals surface area contributed by atoms with E-state index in [2.05, 4.69) is 15.4 Å². The molecule has 1 aromatic heterocycles. The Balaban J connectivity index is 2.26. The number of nitrogens with zero attached hydrogens (tertiary/aromatic N) is 3. The number of hydrogen-bond acceptors (Lipinski definition) is 3. The molecular formula is C16H17ClN4O. The summed E-state index contributed by atoms with van der Waals surface area (Å²) in [5.74, 6) is 0.541. The zero-order valence-electron chi connectivity index (χ0n) is 12.7. The molecule has 3 rings (SSSR count). The van der Waals surface area contributed by atoms with Gasteiger partial charge in [0.2, 0.25) is 5.91 Å². The van der Waals surface area contributed by atoms with E-state index in [9.17, 15) is 4.79 Å². The molecule has 2 aromatic rings. The van der Waals surface area contributed by atoms with Gasteiger partial charge in [-0.2, -0.15) is 5.10 Å². The van der Waals surface area contributed by atoms with Crippen LogP contribution in [-0.4, -0.2) is 27.9 Å². The summed E-state index contributed by atoms with van der Waals surface area (Å²) in [6.07, 6.45) is 0. The predicted octanol–water partition coefficient (Wildman–Crippen LogP) is 3.22. The number of fused-ring (bicyclic) bond motifs is 1. The van der Waals surface area contributed by atoms with Gasteiger partial charge in [0.1, 0.15) is 12.4 Å². The second-order valence-electron chi connectivity index (χ2n) is 5.54. The van der Waals surface area contributed by atoms with Crippen molar-refractivity contribution in [2.75, 3.05) is 11.9 Å². The van der Waals surface area contributed by atoms with E-state index in [1.165, 1.54) is 0 Å². The van der Waals surface area contributed by atoms with Crippen LogP contribution in [-0.2, 0) is 4.79 Å². The summed E-state index contributed by atoms with van der Waals surface area (Å²) >= 11 is 6.32. The first kappa shape index (κ1) is 14.8. The first-order chi connectivity index (χ1) is 10.5. The van der Waals surface area contributed by atoms with Gasteiger partial charge in [-0.1, -0.05) is 29.8 Å². The maximum absolute atomic E-state index is 12.0. The number of hydrogen-bond donors (Lipinski definition) is 1. The third-order valence-electron chi connectivity index (χ3n) is 3.58. The second kappa shape index (κ2) is 5.57. The highest BCUT2D eigenvalue weighted by molar-refractivity contribution is 6.36. The first-order valence-corrected chi connectivity index (χ1v) is 7.55. The molecule has 114 valence electrons. The molecule has 0 fully saturated rings. The topological polar surface area (TPSA) is 59.3 Å². The Bertz CT molecular complexity index is 776. The van der Waals surface area contributed by atoms with Crippen molar-refractivity contribution >= 4 is 29.0 Å². The summed E-state index contributed by atoms with van der Waals surface area (Å²) in [5, 5.41) is 8.08. The Hall–Kier alpha value is -2.14. The minimum absolute atomic E-state index is 0.0762. The molecule has 1 N–H and O–H groups in total. The van der Waals surface area contributed by atoms with Gasteiger partial charge in [-0.05, 0) is 26.8 Å². The summed E-state index contributed by atoms with van der Waals surface area (Å²) in [4.78, 5) is 16.5. The molecule has 0 unspecified atom stereocenters. The van der Waals surface area contributed by atoms with E-state index in [0.717, 1.165) is 16.8 Å². The lowest BCUT2D eigenvalue weighted by atomic mass is 10.0. The van der Waals surface area contributed by atoms with Crippen molar-refractivity contribution < 1.29 is 4.79 Å². The van der Waals surface area contributed by atoms with Crippen LogP contribution in [0.1, 0.15) is 36.7 Å². The second-order valence-corrected chi connectivity index (χ2v) is 5.95. The normalized spacial score (nSPS) is 14.4. The maximum atomic E-state index is 12.0. The third-order valence-corrected chi connectivity index (χ3v) is 3.91. The van der Waals surface area contributed by atoms with Gasteiger partial charge in [0, 0.05) is 16.6 Å². The number of aliphatic imine (C=N–C) groups is 1. The smallest absolute Gasteiger partial charge is 0.247 e. The molecule has 1 aliphatic heterocycles. The highest BCUT2D eigenvalue weighted by atomic mass is 35.5. The lowest BCUT2D eigenvalue weighted by molar-refractivity contribution is -0.114. The van der Waals surface area contributed by atoms with Crippen LogP contribution in [0.4, 0.5) is 5.82 Å². The number of aromatic nitrogens is 2. The van der Waals surface area contributed by atoms with Gasteiger partial charge in [-0.25, -0.2) is 4.68 Å². The monoisotopic (exact) mass is 316 g/mol. The molecule has 5 nitrogen and oxygen atoms in total. The molecule has 0 saturated carbocycles. The Morgan fingerprint density at radius 3 is 2.73 bits per heavy atom. The van der Waals surface area contributed by atoms with Crippen molar-refractivity contribution in [3.05, 3.63) is 46.1 Å². The lowest BCUT2D eigenvalue weighted by Crippen LogP contribution is -2.18. The van der Waals surface area contributed by atoms with Crippen molar-refractivity contribution in [2.45, 2.75) is 26.8 Å². The van der Waals surface area contributed by atoms with Gasteiger partial charge in [-0.3, -0.25) is 9.79 Å². The fourth-order valence-corrected chi connectivity index (χ4v) is 2.82. The van der Waals surface area contributed by atoms with E-state index in [1.54, 1.807) is 0 Å². The highest BCUT2D eigenvalue weighted by Gasteiger charge is 2.27. The third kappa shape index (κ3) is 2.41. The number of anilines is 1. The number of carbonyl (C=O) groups is 1. The minimum atomic E-state index is -0.148. The summed E-state index contributed by atoms with van der Waals surface area (Å²) in [5.41, 5.74) is 3.19. The SMILES string of the molecule is Cc1nn(C(C)C)c2c1C(c1ccccc1Cl)=NCC(=O)N2. The van der Waals surface area contributed by atoms with Crippen molar-refractivity contribution in [1.82, 2.24) is 9.78 Å². The zero-order chi connectivity index (χ0) is 15.9. The molecule has 0 spiro atoms. The Morgan fingerprint density at radius 2 is 2.05 bits per heavy atom. The van der Waals surface area contributed by atoms with Gasteiger partial charge in [-0.15, -0.1) is 0 Å². The van der Waals surface area contributed by atoms with Crippen LogP contribution >= 0.6 is 11.6 Å². The van der Waals surface area contributed by atoms with Crippen LogP contribution in [0.5, 0.6) is 0 Å². The zero-order valence-corrected chi connectivity index (χ0v) is 13.5. The van der Waals surface area contributed by atoms with E-state index in [1.807, 2.05) is 49.7 Å². The Labute approximate surface area is 134 Å². The average molecular weight is 317 g/mol. The van der Waals surface area contributed by atoms with Crippen molar-refractivity contribution in [3.8, 4) is 0 Å². The Morgan fingerprint density at radius 1 is 1.32 bits per heavy atom. The molecule has 1 aliphatic rings. The minimum Gasteiger partial charge on any atom is -0.309 e. The van der Waals surface area contributed by atoms with Gasteiger partial charge in [0.25, 0.3) is 0 Å². The largest absolute Gasteiger partial charge is 0.309 e. The molecular weight excluding hydrogens is 300 g/mol. The van der Waals surface area contributed by atoms with Gasteiger partial charge < -0.3 is 5.32 Å². The van der Waals surface area contributed by atoms with Crippen LogP contribution in [0.15, 0.2) is 29.3 Å². The fourth-order valence-electron chi connectivity index (χ4n) is 2.60. The molecule has 0 saturated heterocycles. The first-order valence-electron chi connectivity index (χ1n) is 7.17. The summed E-state index contributed by atoms with van der Waals surface area (Å²) < 4.78 is 1.82. The number of aryl methyl sites for hydroxylation is 1. The number of carbonyl (C=O) groups excluding carboxylic acids is 1. The molecule has 0 aliphatic carbocycles.